The average Bonchev–Trinajstić information content (AvgIpc) is 3.14. The van der Waals surface area contributed by atoms with Crippen molar-refractivity contribution in [2.24, 2.45) is 11.8 Å². The van der Waals surface area contributed by atoms with Crippen LogP contribution in [0.15, 0.2) is 35.7 Å². The molecule has 2 aromatic rings. The van der Waals surface area contributed by atoms with E-state index in [-0.39, 0.29) is 18.4 Å². The summed E-state index contributed by atoms with van der Waals surface area (Å²) in [5, 5.41) is 5.36. The molecular formula is C22H31N3O3S. The van der Waals surface area contributed by atoms with Crippen LogP contribution in [0.25, 0.3) is 0 Å². The van der Waals surface area contributed by atoms with Crippen molar-refractivity contribution in [3.8, 4) is 0 Å². The normalized spacial score (nSPS) is 11.1. The number of hydrogen-bond acceptors (Lipinski definition) is 5. The second-order valence-corrected chi connectivity index (χ2v) is 8.82. The molecule has 0 fully saturated rings. The van der Waals surface area contributed by atoms with Gasteiger partial charge in [-0.25, -0.2) is 4.98 Å². The predicted octanol–water partition coefficient (Wildman–Crippen LogP) is 3.73. The molecule has 0 aliphatic rings. The Morgan fingerprint density at radius 1 is 1.14 bits per heavy atom. The van der Waals surface area contributed by atoms with Gasteiger partial charge < -0.3 is 15.0 Å². The highest BCUT2D eigenvalue weighted by atomic mass is 32.1. The fourth-order valence-corrected chi connectivity index (χ4v) is 3.44. The molecule has 1 heterocycles. The van der Waals surface area contributed by atoms with E-state index in [1.807, 2.05) is 44.2 Å². The number of rotatable bonds is 11. The van der Waals surface area contributed by atoms with E-state index in [2.05, 4.69) is 24.1 Å². The number of thiazole rings is 1. The SMILES string of the molecule is CC(C)CNC(=O)c1csc(CN(CC(C)C)C(=O)COCc2ccccc2)n1. The largest absolute Gasteiger partial charge is 0.367 e. The van der Waals surface area contributed by atoms with Gasteiger partial charge >= 0.3 is 0 Å². The molecular weight excluding hydrogens is 386 g/mol. The number of hydrogen-bond donors (Lipinski definition) is 1. The molecule has 0 unspecified atom stereocenters. The summed E-state index contributed by atoms with van der Waals surface area (Å²) in [6.07, 6.45) is 0. The van der Waals surface area contributed by atoms with Crippen molar-refractivity contribution in [3.63, 3.8) is 0 Å². The van der Waals surface area contributed by atoms with E-state index in [1.54, 1.807) is 10.3 Å². The third-order valence-electron chi connectivity index (χ3n) is 4.06. The van der Waals surface area contributed by atoms with Crippen LogP contribution in [0, 0.1) is 11.8 Å². The van der Waals surface area contributed by atoms with Crippen molar-refractivity contribution in [3.05, 3.63) is 52.0 Å². The monoisotopic (exact) mass is 417 g/mol. The van der Waals surface area contributed by atoms with Gasteiger partial charge in [-0.15, -0.1) is 11.3 Å². The van der Waals surface area contributed by atoms with E-state index in [4.69, 9.17) is 4.74 Å². The Balaban J connectivity index is 1.92. The summed E-state index contributed by atoms with van der Waals surface area (Å²) < 4.78 is 5.61. The fraction of sp³-hybridized carbons (Fsp3) is 0.500. The van der Waals surface area contributed by atoms with Gasteiger partial charge in [-0.2, -0.15) is 0 Å². The van der Waals surface area contributed by atoms with Crippen molar-refractivity contribution in [1.82, 2.24) is 15.2 Å². The number of benzene rings is 1. The van der Waals surface area contributed by atoms with Crippen LogP contribution in [-0.2, 0) is 22.7 Å². The highest BCUT2D eigenvalue weighted by Crippen LogP contribution is 2.14. The smallest absolute Gasteiger partial charge is 0.270 e. The third kappa shape index (κ3) is 8.33. The maximum atomic E-state index is 12.7. The van der Waals surface area contributed by atoms with Crippen molar-refractivity contribution in [1.29, 1.82) is 0 Å². The molecule has 29 heavy (non-hydrogen) atoms. The minimum absolute atomic E-state index is 0.0225. The zero-order valence-corrected chi connectivity index (χ0v) is 18.5. The number of amides is 2. The van der Waals surface area contributed by atoms with E-state index in [1.165, 1.54) is 11.3 Å². The predicted molar refractivity (Wildman–Crippen MR) is 116 cm³/mol. The Hall–Kier alpha value is -2.25. The van der Waals surface area contributed by atoms with Gasteiger partial charge in [-0.1, -0.05) is 58.0 Å². The second kappa shape index (κ2) is 11.7. The summed E-state index contributed by atoms with van der Waals surface area (Å²) in [6.45, 7) is 10.3. The van der Waals surface area contributed by atoms with E-state index in [0.717, 1.165) is 10.6 Å². The Labute approximate surface area is 177 Å². The van der Waals surface area contributed by atoms with Crippen LogP contribution in [-0.4, -0.2) is 41.4 Å². The number of carbonyl (C=O) groups is 2. The van der Waals surface area contributed by atoms with Crippen LogP contribution in [0.3, 0.4) is 0 Å². The fourth-order valence-electron chi connectivity index (χ4n) is 2.66. The van der Waals surface area contributed by atoms with Gasteiger partial charge in [0.25, 0.3) is 5.91 Å². The van der Waals surface area contributed by atoms with Crippen LogP contribution in [0.2, 0.25) is 0 Å². The van der Waals surface area contributed by atoms with Crippen molar-refractivity contribution in [2.45, 2.75) is 40.8 Å². The molecule has 7 heteroatoms. The van der Waals surface area contributed by atoms with Crippen LogP contribution in [0.4, 0.5) is 0 Å². The summed E-state index contributed by atoms with van der Waals surface area (Å²) in [5.74, 6) is 0.457. The molecule has 6 nitrogen and oxygen atoms in total. The molecule has 0 bridgehead atoms. The molecule has 1 aromatic heterocycles. The van der Waals surface area contributed by atoms with Gasteiger partial charge in [0.1, 0.15) is 17.3 Å². The minimum atomic E-state index is -0.172. The van der Waals surface area contributed by atoms with Gasteiger partial charge in [0.05, 0.1) is 13.2 Å². The molecule has 0 radical (unpaired) electrons. The molecule has 2 amide bonds. The van der Waals surface area contributed by atoms with Crippen LogP contribution in [0.5, 0.6) is 0 Å². The summed E-state index contributed by atoms with van der Waals surface area (Å²) in [7, 11) is 0. The molecule has 0 aliphatic heterocycles. The van der Waals surface area contributed by atoms with E-state index >= 15 is 0 Å². The first-order valence-electron chi connectivity index (χ1n) is 9.97. The lowest BCUT2D eigenvalue weighted by molar-refractivity contribution is -0.137. The second-order valence-electron chi connectivity index (χ2n) is 7.88. The number of nitrogens with one attached hydrogen (secondary N) is 1. The maximum Gasteiger partial charge on any atom is 0.270 e. The van der Waals surface area contributed by atoms with Crippen molar-refractivity contribution in [2.75, 3.05) is 19.7 Å². The molecule has 1 aromatic carbocycles. The first kappa shape index (κ1) is 23.0. The first-order valence-corrected chi connectivity index (χ1v) is 10.8. The van der Waals surface area contributed by atoms with Crippen molar-refractivity contribution >= 4 is 23.2 Å². The number of ether oxygens (including phenoxy) is 1. The molecule has 2 rings (SSSR count). The Morgan fingerprint density at radius 3 is 2.52 bits per heavy atom. The van der Waals surface area contributed by atoms with Gasteiger partial charge in [0, 0.05) is 18.5 Å². The molecule has 158 valence electrons. The topological polar surface area (TPSA) is 71.5 Å². The van der Waals surface area contributed by atoms with Crippen LogP contribution < -0.4 is 5.32 Å². The van der Waals surface area contributed by atoms with Crippen LogP contribution >= 0.6 is 11.3 Å². The first-order chi connectivity index (χ1) is 13.8. The molecule has 0 aliphatic carbocycles. The molecule has 0 atom stereocenters. The van der Waals surface area contributed by atoms with Gasteiger partial charge in [0.15, 0.2) is 0 Å². The number of nitrogens with zero attached hydrogens (tertiary/aromatic N) is 2. The highest BCUT2D eigenvalue weighted by molar-refractivity contribution is 7.09. The van der Waals surface area contributed by atoms with Gasteiger partial charge in [-0.3, -0.25) is 9.59 Å². The number of aromatic nitrogens is 1. The Kier molecular flexibility index (Phi) is 9.28. The molecule has 0 saturated carbocycles. The highest BCUT2D eigenvalue weighted by Gasteiger charge is 2.19. The Morgan fingerprint density at radius 2 is 1.86 bits per heavy atom. The number of carbonyl (C=O) groups excluding carboxylic acids is 2. The zero-order chi connectivity index (χ0) is 21.2. The van der Waals surface area contributed by atoms with Gasteiger partial charge in [-0.05, 0) is 17.4 Å². The summed E-state index contributed by atoms with van der Waals surface area (Å²) >= 11 is 1.40. The lowest BCUT2D eigenvalue weighted by Gasteiger charge is -2.23. The molecule has 0 spiro atoms. The van der Waals surface area contributed by atoms with E-state index in [0.29, 0.717) is 43.8 Å². The van der Waals surface area contributed by atoms with E-state index in [9.17, 15) is 9.59 Å². The summed E-state index contributed by atoms with van der Waals surface area (Å²) in [4.78, 5) is 31.0. The van der Waals surface area contributed by atoms with E-state index < -0.39 is 0 Å². The Bertz CT molecular complexity index is 775. The van der Waals surface area contributed by atoms with Crippen LogP contribution in [0.1, 0.15) is 48.8 Å². The minimum Gasteiger partial charge on any atom is -0.367 e. The van der Waals surface area contributed by atoms with Gasteiger partial charge in [0.2, 0.25) is 5.91 Å². The summed E-state index contributed by atoms with van der Waals surface area (Å²) in [5.41, 5.74) is 1.44. The summed E-state index contributed by atoms with van der Waals surface area (Å²) in [6, 6.07) is 9.78. The maximum absolute atomic E-state index is 12.7. The standard InChI is InChI=1S/C22H31N3O3S/c1-16(2)10-23-22(27)19-15-29-20(24-19)12-25(11-17(3)4)21(26)14-28-13-18-8-6-5-7-9-18/h5-9,15-17H,10-14H2,1-4H3,(H,23,27). The lowest BCUT2D eigenvalue weighted by atomic mass is 10.2. The molecule has 1 N–H and O–H groups in total. The van der Waals surface area contributed by atoms with Crippen molar-refractivity contribution < 1.29 is 14.3 Å². The molecule has 0 saturated heterocycles. The average molecular weight is 418 g/mol. The quantitative estimate of drug-likeness (QED) is 0.605. The third-order valence-corrected chi connectivity index (χ3v) is 4.89. The lowest BCUT2D eigenvalue weighted by Crippen LogP contribution is -2.36. The zero-order valence-electron chi connectivity index (χ0n) is 17.7.